The summed E-state index contributed by atoms with van der Waals surface area (Å²) in [5.41, 5.74) is 3.00. The molecule has 22 heavy (non-hydrogen) atoms. The van der Waals surface area contributed by atoms with Crippen LogP contribution in [0.1, 0.15) is 45.4 Å². The van der Waals surface area contributed by atoms with Crippen LogP contribution in [0.3, 0.4) is 0 Å². The van der Waals surface area contributed by atoms with Gasteiger partial charge in [-0.25, -0.2) is 0 Å². The maximum atomic E-state index is 2.56. The molecular weight excluding hydrogens is 283 g/mol. The third-order valence-corrected chi connectivity index (χ3v) is 9.24. The SMILES string of the molecule is CCCCCCCC[P+]1(C)c2ccccc2-c2ccccc21. The van der Waals surface area contributed by atoms with Gasteiger partial charge in [-0.05, 0) is 25.0 Å². The predicted octanol–water partition coefficient (Wildman–Crippen LogP) is 5.63. The molecule has 0 unspecified atom stereocenters. The Morgan fingerprint density at radius 1 is 0.682 bits per heavy atom. The first-order valence-corrected chi connectivity index (χ1v) is 11.2. The summed E-state index contributed by atoms with van der Waals surface area (Å²) in [6, 6.07) is 18.3. The van der Waals surface area contributed by atoms with Gasteiger partial charge in [0.15, 0.2) is 0 Å². The van der Waals surface area contributed by atoms with Crippen LogP contribution in [0.4, 0.5) is 0 Å². The zero-order valence-corrected chi connectivity index (χ0v) is 14.9. The molecule has 0 saturated heterocycles. The van der Waals surface area contributed by atoms with Gasteiger partial charge in [0.25, 0.3) is 0 Å². The van der Waals surface area contributed by atoms with Crippen molar-refractivity contribution in [3.63, 3.8) is 0 Å². The summed E-state index contributed by atoms with van der Waals surface area (Å²) in [6.45, 7) is 4.85. The molecule has 0 atom stereocenters. The van der Waals surface area contributed by atoms with Gasteiger partial charge in [0.1, 0.15) is 10.6 Å². The maximum Gasteiger partial charge on any atom is 0.107 e. The molecule has 2 aromatic rings. The van der Waals surface area contributed by atoms with E-state index < -0.39 is 7.26 Å². The van der Waals surface area contributed by atoms with Gasteiger partial charge in [0.05, 0.1) is 20.1 Å². The normalized spacial score (nSPS) is 14.6. The molecule has 0 bridgehead atoms. The van der Waals surface area contributed by atoms with Gasteiger partial charge in [0.2, 0.25) is 0 Å². The average Bonchev–Trinajstić information content (AvgIpc) is 2.82. The smallest absolute Gasteiger partial charge is 0.0654 e. The number of fused-ring (bicyclic) bond motifs is 3. The van der Waals surface area contributed by atoms with E-state index in [1.807, 2.05) is 0 Å². The number of benzene rings is 2. The minimum Gasteiger partial charge on any atom is -0.0654 e. The predicted molar refractivity (Wildman–Crippen MR) is 102 cm³/mol. The van der Waals surface area contributed by atoms with Crippen LogP contribution < -0.4 is 10.6 Å². The Bertz CT molecular complexity index is 584. The number of hydrogen-bond donors (Lipinski definition) is 0. The van der Waals surface area contributed by atoms with E-state index in [-0.39, 0.29) is 0 Å². The molecule has 0 aromatic heterocycles. The standard InChI is InChI=1S/C21H28P/c1-3-4-5-6-7-12-17-22(2)20-15-10-8-13-18(20)19-14-9-11-16-21(19)22/h8-11,13-16H,3-7,12,17H2,1-2H3/q+1. The molecule has 116 valence electrons. The minimum atomic E-state index is -1.16. The molecule has 0 radical (unpaired) electrons. The van der Waals surface area contributed by atoms with Crippen LogP contribution in [0.15, 0.2) is 48.5 Å². The van der Waals surface area contributed by atoms with Crippen LogP contribution in [0.5, 0.6) is 0 Å². The molecular formula is C21H28P+. The van der Waals surface area contributed by atoms with Crippen molar-refractivity contribution in [2.45, 2.75) is 45.4 Å². The molecule has 0 aliphatic carbocycles. The van der Waals surface area contributed by atoms with E-state index in [9.17, 15) is 0 Å². The van der Waals surface area contributed by atoms with Crippen LogP contribution in [0.25, 0.3) is 11.1 Å². The Morgan fingerprint density at radius 3 is 1.77 bits per heavy atom. The molecule has 0 fully saturated rings. The highest BCUT2D eigenvalue weighted by atomic mass is 31.2. The van der Waals surface area contributed by atoms with E-state index in [0.29, 0.717) is 0 Å². The van der Waals surface area contributed by atoms with Gasteiger partial charge >= 0.3 is 0 Å². The Kier molecular flexibility index (Phi) is 4.99. The summed E-state index contributed by atoms with van der Waals surface area (Å²) >= 11 is 0. The number of hydrogen-bond acceptors (Lipinski definition) is 0. The quantitative estimate of drug-likeness (QED) is 0.459. The fraction of sp³-hybridized carbons (Fsp3) is 0.429. The topological polar surface area (TPSA) is 0 Å². The van der Waals surface area contributed by atoms with Crippen molar-refractivity contribution >= 4 is 17.9 Å². The zero-order chi connectivity index (χ0) is 15.4. The second kappa shape index (κ2) is 6.97. The van der Waals surface area contributed by atoms with Gasteiger partial charge in [-0.2, -0.15) is 0 Å². The first kappa shape index (κ1) is 15.8. The Hall–Kier alpha value is -1.13. The summed E-state index contributed by atoms with van der Waals surface area (Å²) in [5.74, 6) is 0. The highest BCUT2D eigenvalue weighted by Crippen LogP contribution is 2.60. The van der Waals surface area contributed by atoms with Gasteiger partial charge in [-0.15, -0.1) is 0 Å². The fourth-order valence-corrected chi connectivity index (χ4v) is 7.72. The van der Waals surface area contributed by atoms with Crippen molar-refractivity contribution in [1.82, 2.24) is 0 Å². The molecule has 2 aromatic carbocycles. The number of rotatable bonds is 7. The summed E-state index contributed by atoms with van der Waals surface area (Å²) < 4.78 is 0. The molecule has 0 saturated carbocycles. The van der Waals surface area contributed by atoms with Crippen LogP contribution >= 0.6 is 7.26 Å². The van der Waals surface area contributed by atoms with Gasteiger partial charge in [-0.3, -0.25) is 0 Å². The van der Waals surface area contributed by atoms with Gasteiger partial charge in [0, 0.05) is 11.1 Å². The fourth-order valence-electron chi connectivity index (χ4n) is 3.84. The summed E-state index contributed by atoms with van der Waals surface area (Å²) in [4.78, 5) is 0. The Labute approximate surface area is 136 Å². The summed E-state index contributed by atoms with van der Waals surface area (Å²) in [7, 11) is -1.16. The van der Waals surface area contributed by atoms with Crippen molar-refractivity contribution in [1.29, 1.82) is 0 Å². The lowest BCUT2D eigenvalue weighted by atomic mass is 10.1. The van der Waals surface area contributed by atoms with E-state index in [0.717, 1.165) is 0 Å². The highest BCUT2D eigenvalue weighted by molar-refractivity contribution is 7.90. The van der Waals surface area contributed by atoms with E-state index in [1.165, 1.54) is 55.8 Å². The molecule has 0 nitrogen and oxygen atoms in total. The van der Waals surface area contributed by atoms with Crippen LogP contribution in [0, 0.1) is 0 Å². The molecule has 0 N–H and O–H groups in total. The lowest BCUT2D eigenvalue weighted by Gasteiger charge is -2.19. The average molecular weight is 311 g/mol. The Morgan fingerprint density at radius 2 is 1.18 bits per heavy atom. The lowest BCUT2D eigenvalue weighted by molar-refractivity contribution is 0.626. The highest BCUT2D eigenvalue weighted by Gasteiger charge is 2.46. The van der Waals surface area contributed by atoms with Crippen molar-refractivity contribution < 1.29 is 0 Å². The maximum absolute atomic E-state index is 2.56. The molecule has 0 spiro atoms. The molecule has 0 amide bonds. The molecule has 1 aliphatic heterocycles. The van der Waals surface area contributed by atoms with Crippen molar-refractivity contribution in [2.24, 2.45) is 0 Å². The molecule has 1 aliphatic rings. The van der Waals surface area contributed by atoms with E-state index in [4.69, 9.17) is 0 Å². The van der Waals surface area contributed by atoms with E-state index in [2.05, 4.69) is 62.1 Å². The molecule has 1 heterocycles. The lowest BCUT2D eigenvalue weighted by Crippen LogP contribution is -2.19. The van der Waals surface area contributed by atoms with E-state index >= 15 is 0 Å². The summed E-state index contributed by atoms with van der Waals surface area (Å²) in [5, 5.41) is 3.29. The van der Waals surface area contributed by atoms with Crippen molar-refractivity contribution in [2.75, 3.05) is 12.8 Å². The first-order valence-electron chi connectivity index (χ1n) is 8.82. The molecule has 1 heteroatoms. The van der Waals surface area contributed by atoms with Crippen LogP contribution in [0.2, 0.25) is 0 Å². The Balaban J connectivity index is 1.77. The third-order valence-electron chi connectivity index (χ3n) is 5.12. The van der Waals surface area contributed by atoms with Gasteiger partial charge in [-0.1, -0.05) is 69.0 Å². The van der Waals surface area contributed by atoms with Crippen LogP contribution in [-0.4, -0.2) is 12.8 Å². The van der Waals surface area contributed by atoms with Crippen molar-refractivity contribution in [3.8, 4) is 11.1 Å². The second-order valence-electron chi connectivity index (χ2n) is 6.72. The van der Waals surface area contributed by atoms with Crippen molar-refractivity contribution in [3.05, 3.63) is 48.5 Å². The van der Waals surface area contributed by atoms with Crippen LogP contribution in [-0.2, 0) is 0 Å². The third kappa shape index (κ3) is 2.86. The van der Waals surface area contributed by atoms with Gasteiger partial charge < -0.3 is 0 Å². The molecule has 3 rings (SSSR count). The second-order valence-corrected chi connectivity index (χ2v) is 10.5. The summed E-state index contributed by atoms with van der Waals surface area (Å²) in [6.07, 6.45) is 9.74. The van der Waals surface area contributed by atoms with E-state index in [1.54, 1.807) is 10.6 Å². The first-order chi connectivity index (χ1) is 10.8. The number of unbranched alkanes of at least 4 members (excludes halogenated alkanes) is 5. The minimum absolute atomic E-state index is 1.16. The largest absolute Gasteiger partial charge is 0.107 e. The zero-order valence-electron chi connectivity index (χ0n) is 14.0. The monoisotopic (exact) mass is 311 g/mol.